The fourth-order valence-electron chi connectivity index (χ4n) is 2.22. The van der Waals surface area contributed by atoms with Crippen LogP contribution in [0, 0.1) is 0 Å². The molecule has 0 aliphatic carbocycles. The van der Waals surface area contributed by atoms with Gasteiger partial charge >= 0.3 is 0 Å². The van der Waals surface area contributed by atoms with E-state index in [0.29, 0.717) is 0 Å². The Morgan fingerprint density at radius 1 is 1.29 bits per heavy atom. The number of anilines is 1. The molecule has 3 heterocycles. The number of aromatic nitrogens is 3. The number of aryl methyl sites for hydroxylation is 1. The average molecular weight is 231 g/mol. The van der Waals surface area contributed by atoms with E-state index in [1.807, 2.05) is 24.1 Å². The Morgan fingerprint density at radius 3 is 2.82 bits per heavy atom. The highest BCUT2D eigenvalue weighted by Gasteiger charge is 2.12. The molecule has 0 radical (unpaired) electrons. The van der Waals surface area contributed by atoms with E-state index in [4.69, 9.17) is 0 Å². The van der Waals surface area contributed by atoms with Crippen LogP contribution in [-0.4, -0.2) is 40.9 Å². The zero-order chi connectivity index (χ0) is 11.7. The zero-order valence-corrected chi connectivity index (χ0v) is 9.98. The van der Waals surface area contributed by atoms with Crippen LogP contribution in [0.1, 0.15) is 0 Å². The molecule has 3 rings (SSSR count). The summed E-state index contributed by atoms with van der Waals surface area (Å²) in [4.78, 5) is 5.71. The van der Waals surface area contributed by atoms with E-state index in [0.717, 1.165) is 37.4 Å². The molecule has 0 bridgehead atoms. The third-order valence-electron chi connectivity index (χ3n) is 3.17. The van der Waals surface area contributed by atoms with E-state index in [9.17, 15) is 0 Å². The standard InChI is InChI=1S/C12H17N5/c1-16-9-10(7-15-16)12-6-11(8-14-12)17-4-2-13-3-5-17/h6-9,13-14H,2-5H2,1H3. The third-order valence-corrected chi connectivity index (χ3v) is 3.17. The molecule has 0 aromatic carbocycles. The van der Waals surface area contributed by atoms with Crippen molar-refractivity contribution >= 4 is 5.69 Å². The number of hydrogen-bond donors (Lipinski definition) is 2. The molecule has 2 N–H and O–H groups in total. The minimum atomic E-state index is 1.06. The molecular formula is C12H17N5. The lowest BCUT2D eigenvalue weighted by molar-refractivity contribution is 0.589. The molecule has 0 amide bonds. The Balaban J connectivity index is 1.82. The van der Waals surface area contributed by atoms with Gasteiger partial charge in [-0.25, -0.2) is 0 Å². The van der Waals surface area contributed by atoms with Crippen LogP contribution in [0.5, 0.6) is 0 Å². The maximum Gasteiger partial charge on any atom is 0.0583 e. The van der Waals surface area contributed by atoms with Crippen molar-refractivity contribution in [1.82, 2.24) is 20.1 Å². The van der Waals surface area contributed by atoms with Crippen LogP contribution in [0.2, 0.25) is 0 Å². The quantitative estimate of drug-likeness (QED) is 0.804. The molecule has 1 saturated heterocycles. The summed E-state index contributed by atoms with van der Waals surface area (Å²) in [5.74, 6) is 0. The predicted molar refractivity (Wildman–Crippen MR) is 68.1 cm³/mol. The molecule has 0 unspecified atom stereocenters. The van der Waals surface area contributed by atoms with Gasteiger partial charge in [-0.15, -0.1) is 0 Å². The fourth-order valence-corrected chi connectivity index (χ4v) is 2.22. The molecule has 0 spiro atoms. The first-order chi connectivity index (χ1) is 8.33. The number of hydrogen-bond acceptors (Lipinski definition) is 3. The van der Waals surface area contributed by atoms with Gasteiger partial charge in [0, 0.05) is 51.2 Å². The van der Waals surface area contributed by atoms with Crippen LogP contribution >= 0.6 is 0 Å². The number of piperazine rings is 1. The SMILES string of the molecule is Cn1cc(-c2cc(N3CCNCC3)c[nH]2)cn1. The van der Waals surface area contributed by atoms with E-state index in [1.54, 1.807) is 0 Å². The maximum atomic E-state index is 4.19. The Hall–Kier alpha value is -1.75. The van der Waals surface area contributed by atoms with Crippen LogP contribution in [0.3, 0.4) is 0 Å². The number of rotatable bonds is 2. The van der Waals surface area contributed by atoms with Gasteiger partial charge in [0.2, 0.25) is 0 Å². The fraction of sp³-hybridized carbons (Fsp3) is 0.417. The summed E-state index contributed by atoms with van der Waals surface area (Å²) in [6.45, 7) is 4.27. The highest BCUT2D eigenvalue weighted by atomic mass is 15.2. The predicted octanol–water partition coefficient (Wildman–Crippen LogP) is 0.825. The van der Waals surface area contributed by atoms with Gasteiger partial charge < -0.3 is 15.2 Å². The Labute approximate surface area is 100 Å². The summed E-state index contributed by atoms with van der Waals surface area (Å²) in [6.07, 6.45) is 5.98. The van der Waals surface area contributed by atoms with Crippen molar-refractivity contribution < 1.29 is 0 Å². The van der Waals surface area contributed by atoms with Crippen LogP contribution in [0.4, 0.5) is 5.69 Å². The van der Waals surface area contributed by atoms with Crippen LogP contribution < -0.4 is 10.2 Å². The number of nitrogens with one attached hydrogen (secondary N) is 2. The lowest BCUT2D eigenvalue weighted by Gasteiger charge is -2.28. The van der Waals surface area contributed by atoms with Gasteiger partial charge in [0.1, 0.15) is 0 Å². The van der Waals surface area contributed by atoms with E-state index < -0.39 is 0 Å². The van der Waals surface area contributed by atoms with Crippen LogP contribution in [-0.2, 0) is 7.05 Å². The first-order valence-corrected chi connectivity index (χ1v) is 5.96. The second-order valence-electron chi connectivity index (χ2n) is 4.41. The number of aromatic amines is 1. The van der Waals surface area contributed by atoms with Crippen LogP contribution in [0.15, 0.2) is 24.7 Å². The summed E-state index contributed by atoms with van der Waals surface area (Å²) in [5, 5.41) is 7.55. The Morgan fingerprint density at radius 2 is 2.12 bits per heavy atom. The molecule has 90 valence electrons. The maximum absolute atomic E-state index is 4.19. The molecule has 5 nitrogen and oxygen atoms in total. The monoisotopic (exact) mass is 231 g/mol. The van der Waals surface area contributed by atoms with Crippen LogP contribution in [0.25, 0.3) is 11.3 Å². The molecule has 0 saturated carbocycles. The lowest BCUT2D eigenvalue weighted by Crippen LogP contribution is -2.43. The highest BCUT2D eigenvalue weighted by molar-refractivity contribution is 5.64. The van der Waals surface area contributed by atoms with Crippen molar-refractivity contribution in [3.8, 4) is 11.3 Å². The van der Waals surface area contributed by atoms with Gasteiger partial charge in [-0.1, -0.05) is 0 Å². The first kappa shape index (κ1) is 10.4. The molecule has 2 aromatic rings. The number of nitrogens with zero attached hydrogens (tertiary/aromatic N) is 3. The van der Waals surface area contributed by atoms with E-state index >= 15 is 0 Å². The van der Waals surface area contributed by atoms with E-state index in [1.165, 1.54) is 5.69 Å². The molecule has 1 aliphatic rings. The summed E-state index contributed by atoms with van der Waals surface area (Å²) in [5.41, 5.74) is 3.53. The van der Waals surface area contributed by atoms with Gasteiger partial charge in [-0.2, -0.15) is 5.10 Å². The lowest BCUT2D eigenvalue weighted by atomic mass is 10.2. The Kier molecular flexibility index (Phi) is 2.60. The van der Waals surface area contributed by atoms with Crippen molar-refractivity contribution in [2.24, 2.45) is 7.05 Å². The van der Waals surface area contributed by atoms with Gasteiger partial charge in [-0.05, 0) is 6.07 Å². The summed E-state index contributed by atoms with van der Waals surface area (Å²) in [7, 11) is 1.93. The van der Waals surface area contributed by atoms with E-state index in [2.05, 4.69) is 32.6 Å². The average Bonchev–Trinajstić information content (AvgIpc) is 2.98. The van der Waals surface area contributed by atoms with Gasteiger partial charge in [0.05, 0.1) is 17.6 Å². The Bertz CT molecular complexity index is 492. The third kappa shape index (κ3) is 2.06. The smallest absolute Gasteiger partial charge is 0.0583 e. The zero-order valence-electron chi connectivity index (χ0n) is 9.98. The normalized spacial score (nSPS) is 16.4. The van der Waals surface area contributed by atoms with Crippen molar-refractivity contribution in [3.63, 3.8) is 0 Å². The molecule has 17 heavy (non-hydrogen) atoms. The second kappa shape index (κ2) is 4.25. The molecule has 1 aliphatic heterocycles. The van der Waals surface area contributed by atoms with Crippen molar-refractivity contribution in [1.29, 1.82) is 0 Å². The van der Waals surface area contributed by atoms with Gasteiger partial charge in [0.15, 0.2) is 0 Å². The number of H-pyrrole nitrogens is 1. The van der Waals surface area contributed by atoms with Gasteiger partial charge in [0.25, 0.3) is 0 Å². The molecule has 1 fully saturated rings. The first-order valence-electron chi connectivity index (χ1n) is 5.96. The van der Waals surface area contributed by atoms with Crippen molar-refractivity contribution in [2.45, 2.75) is 0 Å². The summed E-state index contributed by atoms with van der Waals surface area (Å²) < 4.78 is 1.82. The highest BCUT2D eigenvalue weighted by Crippen LogP contribution is 2.23. The molecule has 2 aromatic heterocycles. The van der Waals surface area contributed by atoms with E-state index in [-0.39, 0.29) is 0 Å². The molecule has 5 heteroatoms. The largest absolute Gasteiger partial charge is 0.368 e. The van der Waals surface area contributed by atoms with Crippen molar-refractivity contribution in [2.75, 3.05) is 31.1 Å². The summed E-state index contributed by atoms with van der Waals surface area (Å²) in [6, 6.07) is 2.20. The topological polar surface area (TPSA) is 48.9 Å². The van der Waals surface area contributed by atoms with Gasteiger partial charge in [-0.3, -0.25) is 4.68 Å². The van der Waals surface area contributed by atoms with Crippen molar-refractivity contribution in [3.05, 3.63) is 24.7 Å². The minimum absolute atomic E-state index is 1.06. The molecule has 0 atom stereocenters. The summed E-state index contributed by atoms with van der Waals surface area (Å²) >= 11 is 0. The minimum Gasteiger partial charge on any atom is -0.368 e. The molecular weight excluding hydrogens is 214 g/mol. The second-order valence-corrected chi connectivity index (χ2v) is 4.41.